The van der Waals surface area contributed by atoms with Crippen molar-refractivity contribution in [1.82, 2.24) is 4.90 Å². The van der Waals surface area contributed by atoms with E-state index in [0.717, 1.165) is 11.8 Å². The summed E-state index contributed by atoms with van der Waals surface area (Å²) in [6.07, 6.45) is 3.42. The molecule has 1 saturated heterocycles. The Bertz CT molecular complexity index is 120. The Balaban J connectivity index is 2.45. The van der Waals surface area contributed by atoms with Crippen molar-refractivity contribution in [3.05, 3.63) is 12.7 Å². The van der Waals surface area contributed by atoms with Crippen LogP contribution in [0.1, 0.15) is 13.3 Å². The normalized spacial score (nSPS) is 35.8. The van der Waals surface area contributed by atoms with Gasteiger partial charge < -0.3 is 4.90 Å². The fraction of sp³-hybridized carbons (Fsp3) is 0.778. The quantitative estimate of drug-likeness (QED) is 0.500. The summed E-state index contributed by atoms with van der Waals surface area (Å²) in [6.45, 7) is 8.62. The molecule has 0 aliphatic carbocycles. The van der Waals surface area contributed by atoms with Crippen LogP contribution in [0.2, 0.25) is 0 Å². The first-order valence-corrected chi connectivity index (χ1v) is 4.05. The molecule has 1 rings (SSSR count). The molecule has 0 saturated carbocycles. The van der Waals surface area contributed by atoms with Crippen LogP contribution in [-0.4, -0.2) is 25.0 Å². The van der Waals surface area contributed by atoms with Gasteiger partial charge >= 0.3 is 0 Å². The van der Waals surface area contributed by atoms with E-state index in [4.69, 9.17) is 0 Å². The highest BCUT2D eigenvalue weighted by atomic mass is 15.1. The van der Waals surface area contributed by atoms with Gasteiger partial charge in [-0.2, -0.15) is 0 Å². The molecule has 1 aliphatic rings. The van der Waals surface area contributed by atoms with Crippen LogP contribution < -0.4 is 0 Å². The fourth-order valence-corrected chi connectivity index (χ4v) is 1.58. The Morgan fingerprint density at radius 2 is 2.30 bits per heavy atom. The van der Waals surface area contributed by atoms with Gasteiger partial charge in [-0.15, -0.1) is 6.58 Å². The van der Waals surface area contributed by atoms with Crippen LogP contribution in [-0.2, 0) is 0 Å². The molecular weight excluding hydrogens is 122 g/mol. The zero-order chi connectivity index (χ0) is 7.56. The van der Waals surface area contributed by atoms with E-state index in [9.17, 15) is 0 Å². The van der Waals surface area contributed by atoms with E-state index in [-0.39, 0.29) is 0 Å². The van der Waals surface area contributed by atoms with Gasteiger partial charge in [0.1, 0.15) is 0 Å². The second-order valence-electron chi connectivity index (χ2n) is 3.43. The Morgan fingerprint density at radius 3 is 2.80 bits per heavy atom. The molecule has 1 nitrogen and oxygen atoms in total. The lowest BCUT2D eigenvalue weighted by atomic mass is 9.87. The SMILES string of the molecule is C=CC1CN(C)CCC1C. The van der Waals surface area contributed by atoms with Crippen molar-refractivity contribution >= 4 is 0 Å². The average Bonchev–Trinajstić information content (AvgIpc) is 1.94. The minimum Gasteiger partial charge on any atom is -0.306 e. The molecule has 2 unspecified atom stereocenters. The predicted octanol–water partition coefficient (Wildman–Crippen LogP) is 1.76. The van der Waals surface area contributed by atoms with E-state index < -0.39 is 0 Å². The topological polar surface area (TPSA) is 3.24 Å². The molecular formula is C9H17N. The molecule has 1 heteroatoms. The Kier molecular flexibility index (Phi) is 2.50. The molecule has 0 spiro atoms. The zero-order valence-electron chi connectivity index (χ0n) is 7.01. The molecule has 0 aromatic carbocycles. The van der Waals surface area contributed by atoms with Crippen LogP contribution in [0, 0.1) is 11.8 Å². The van der Waals surface area contributed by atoms with E-state index in [1.807, 2.05) is 0 Å². The van der Waals surface area contributed by atoms with Gasteiger partial charge in [0.2, 0.25) is 0 Å². The lowest BCUT2D eigenvalue weighted by molar-refractivity contribution is 0.184. The van der Waals surface area contributed by atoms with Gasteiger partial charge in [0.05, 0.1) is 0 Å². The monoisotopic (exact) mass is 139 g/mol. The van der Waals surface area contributed by atoms with E-state index in [1.54, 1.807) is 0 Å². The molecule has 10 heavy (non-hydrogen) atoms. The smallest absolute Gasteiger partial charge is 0.00437 e. The van der Waals surface area contributed by atoms with Crippen LogP contribution >= 0.6 is 0 Å². The van der Waals surface area contributed by atoms with E-state index >= 15 is 0 Å². The van der Waals surface area contributed by atoms with E-state index in [1.165, 1.54) is 19.5 Å². The van der Waals surface area contributed by atoms with Crippen LogP contribution in [0.4, 0.5) is 0 Å². The van der Waals surface area contributed by atoms with Crippen molar-refractivity contribution in [1.29, 1.82) is 0 Å². The van der Waals surface area contributed by atoms with Crippen molar-refractivity contribution in [2.45, 2.75) is 13.3 Å². The number of hydrogen-bond acceptors (Lipinski definition) is 1. The minimum atomic E-state index is 0.721. The third kappa shape index (κ3) is 1.60. The molecule has 0 N–H and O–H groups in total. The highest BCUT2D eigenvalue weighted by Crippen LogP contribution is 2.22. The number of nitrogens with zero attached hydrogens (tertiary/aromatic N) is 1. The zero-order valence-corrected chi connectivity index (χ0v) is 7.01. The largest absolute Gasteiger partial charge is 0.306 e. The van der Waals surface area contributed by atoms with Gasteiger partial charge in [-0.1, -0.05) is 13.0 Å². The molecule has 1 heterocycles. The lowest BCUT2D eigenvalue weighted by Gasteiger charge is -2.32. The summed E-state index contributed by atoms with van der Waals surface area (Å²) in [5, 5.41) is 0. The number of rotatable bonds is 1. The van der Waals surface area contributed by atoms with Gasteiger partial charge in [-0.05, 0) is 31.8 Å². The molecule has 0 amide bonds. The maximum atomic E-state index is 3.84. The van der Waals surface area contributed by atoms with Crippen molar-refractivity contribution in [3.8, 4) is 0 Å². The Morgan fingerprint density at radius 1 is 1.60 bits per heavy atom. The number of hydrogen-bond donors (Lipinski definition) is 0. The fourth-order valence-electron chi connectivity index (χ4n) is 1.58. The second kappa shape index (κ2) is 3.20. The summed E-state index contributed by atoms with van der Waals surface area (Å²) in [7, 11) is 2.18. The van der Waals surface area contributed by atoms with Gasteiger partial charge in [0.15, 0.2) is 0 Å². The van der Waals surface area contributed by atoms with Gasteiger partial charge in [-0.3, -0.25) is 0 Å². The third-order valence-electron chi connectivity index (χ3n) is 2.52. The lowest BCUT2D eigenvalue weighted by Crippen LogP contribution is -2.35. The van der Waals surface area contributed by atoms with Crippen molar-refractivity contribution in [2.75, 3.05) is 20.1 Å². The second-order valence-corrected chi connectivity index (χ2v) is 3.43. The van der Waals surface area contributed by atoms with Crippen molar-refractivity contribution in [3.63, 3.8) is 0 Å². The standard InChI is InChI=1S/C9H17N/c1-4-9-7-10(3)6-5-8(9)2/h4,8-9H,1,5-7H2,2-3H3. The van der Waals surface area contributed by atoms with E-state index in [2.05, 4.69) is 31.5 Å². The first-order valence-electron chi connectivity index (χ1n) is 4.05. The molecule has 58 valence electrons. The Hall–Kier alpha value is -0.300. The van der Waals surface area contributed by atoms with Gasteiger partial charge in [-0.25, -0.2) is 0 Å². The minimum absolute atomic E-state index is 0.721. The molecule has 0 radical (unpaired) electrons. The van der Waals surface area contributed by atoms with Crippen LogP contribution in [0.5, 0.6) is 0 Å². The molecule has 1 aliphatic heterocycles. The van der Waals surface area contributed by atoms with Crippen LogP contribution in [0.15, 0.2) is 12.7 Å². The maximum Gasteiger partial charge on any atom is 0.00437 e. The summed E-state index contributed by atoms with van der Waals surface area (Å²) in [5.74, 6) is 1.56. The van der Waals surface area contributed by atoms with Gasteiger partial charge in [0, 0.05) is 6.54 Å². The van der Waals surface area contributed by atoms with Crippen molar-refractivity contribution < 1.29 is 0 Å². The molecule has 2 atom stereocenters. The maximum absolute atomic E-state index is 3.84. The molecule has 0 aromatic rings. The Labute approximate surface area is 63.7 Å². The highest BCUT2D eigenvalue weighted by molar-refractivity contribution is 4.88. The van der Waals surface area contributed by atoms with Gasteiger partial charge in [0.25, 0.3) is 0 Å². The summed E-state index contributed by atoms with van der Waals surface area (Å²) in [6, 6.07) is 0. The number of piperidine rings is 1. The van der Waals surface area contributed by atoms with Crippen LogP contribution in [0.3, 0.4) is 0 Å². The molecule has 1 fully saturated rings. The first-order chi connectivity index (χ1) is 4.74. The molecule has 0 bridgehead atoms. The number of likely N-dealkylation sites (tertiary alicyclic amines) is 1. The third-order valence-corrected chi connectivity index (χ3v) is 2.52. The summed E-state index contributed by atoms with van der Waals surface area (Å²) >= 11 is 0. The van der Waals surface area contributed by atoms with E-state index in [0.29, 0.717) is 0 Å². The summed E-state index contributed by atoms with van der Waals surface area (Å²) in [5.41, 5.74) is 0. The highest BCUT2D eigenvalue weighted by Gasteiger charge is 2.20. The summed E-state index contributed by atoms with van der Waals surface area (Å²) < 4.78 is 0. The molecule has 0 aromatic heterocycles. The average molecular weight is 139 g/mol. The summed E-state index contributed by atoms with van der Waals surface area (Å²) in [4.78, 5) is 2.38. The predicted molar refractivity (Wildman–Crippen MR) is 45.0 cm³/mol. The first kappa shape index (κ1) is 7.80. The van der Waals surface area contributed by atoms with Crippen molar-refractivity contribution in [2.24, 2.45) is 11.8 Å². The van der Waals surface area contributed by atoms with Crippen LogP contribution in [0.25, 0.3) is 0 Å².